The minimum absolute atomic E-state index is 0.631. The van der Waals surface area contributed by atoms with Crippen LogP contribution in [0.5, 0.6) is 0 Å². The van der Waals surface area contributed by atoms with Crippen molar-refractivity contribution in [2.24, 2.45) is 5.92 Å². The van der Waals surface area contributed by atoms with Gasteiger partial charge in [0.2, 0.25) is 0 Å². The van der Waals surface area contributed by atoms with Crippen molar-refractivity contribution in [1.82, 2.24) is 14.5 Å². The molecule has 2 aliphatic rings. The Kier molecular flexibility index (Phi) is 2.96. The van der Waals surface area contributed by atoms with Crippen molar-refractivity contribution < 1.29 is 0 Å². The van der Waals surface area contributed by atoms with Crippen molar-refractivity contribution in [3.63, 3.8) is 0 Å². The molecule has 1 N–H and O–H groups in total. The molecule has 3 atom stereocenters. The van der Waals surface area contributed by atoms with Crippen LogP contribution in [-0.2, 0) is 0 Å². The van der Waals surface area contributed by atoms with Crippen LogP contribution in [0, 0.1) is 5.92 Å². The molecule has 2 saturated heterocycles. The summed E-state index contributed by atoms with van der Waals surface area (Å²) < 4.78 is 2.04. The van der Waals surface area contributed by atoms with E-state index in [-0.39, 0.29) is 0 Å². The number of aromatic nitrogens is 2. The van der Waals surface area contributed by atoms with E-state index in [2.05, 4.69) is 39.5 Å². The van der Waals surface area contributed by atoms with Gasteiger partial charge in [-0.15, -0.1) is 0 Å². The van der Waals surface area contributed by atoms with E-state index in [4.69, 9.17) is 0 Å². The molecule has 4 nitrogen and oxygen atoms in total. The van der Waals surface area contributed by atoms with Gasteiger partial charge in [0.15, 0.2) is 0 Å². The maximum atomic E-state index is 4.11. The second kappa shape index (κ2) is 4.94. The highest BCUT2D eigenvalue weighted by Gasteiger charge is 2.33. The average Bonchev–Trinajstić information content (AvgIpc) is 3.13. The fourth-order valence-electron chi connectivity index (χ4n) is 3.52. The molecule has 2 fully saturated rings. The third kappa shape index (κ3) is 2.20. The smallest absolute Gasteiger partial charge is 0.0991 e. The maximum Gasteiger partial charge on any atom is 0.0991 e. The number of nitrogens with zero attached hydrogens (tertiary/aromatic N) is 3. The molecule has 3 unspecified atom stereocenters. The number of imidazole rings is 1. The Morgan fingerprint density at radius 1 is 1.20 bits per heavy atom. The summed E-state index contributed by atoms with van der Waals surface area (Å²) in [6, 6.07) is 9.24. The summed E-state index contributed by atoms with van der Waals surface area (Å²) in [5.41, 5.74) is 2.39. The number of nitrogens with one attached hydrogen (secondary N) is 1. The molecule has 0 spiro atoms. The molecule has 4 heteroatoms. The van der Waals surface area contributed by atoms with Crippen LogP contribution in [0.25, 0.3) is 5.69 Å². The minimum Gasteiger partial charge on any atom is -0.382 e. The summed E-state index contributed by atoms with van der Waals surface area (Å²) >= 11 is 0. The lowest BCUT2D eigenvalue weighted by atomic mass is 9.94. The van der Waals surface area contributed by atoms with Gasteiger partial charge in [-0.25, -0.2) is 4.98 Å². The van der Waals surface area contributed by atoms with Gasteiger partial charge in [0.1, 0.15) is 0 Å². The van der Waals surface area contributed by atoms with Crippen LogP contribution < -0.4 is 5.32 Å². The van der Waals surface area contributed by atoms with E-state index in [1.54, 1.807) is 0 Å². The summed E-state index contributed by atoms with van der Waals surface area (Å²) in [7, 11) is 0. The van der Waals surface area contributed by atoms with Gasteiger partial charge in [0.25, 0.3) is 0 Å². The fourth-order valence-corrected chi connectivity index (χ4v) is 3.52. The van der Waals surface area contributed by atoms with E-state index < -0.39 is 0 Å². The number of hydrogen-bond donors (Lipinski definition) is 1. The van der Waals surface area contributed by atoms with E-state index in [9.17, 15) is 0 Å². The standard InChI is InChI=1S/C16H20N4/c1-2-14(10-15(3-1)20-9-6-17-12-20)18-16-5-8-19-7-4-13(16)11-19/h1-3,6,9-10,12-13,16,18H,4-5,7-8,11H2. The lowest BCUT2D eigenvalue weighted by molar-refractivity contribution is 0.255. The zero-order valence-corrected chi connectivity index (χ0v) is 11.6. The molecule has 1 aromatic carbocycles. The molecular weight excluding hydrogens is 248 g/mol. The van der Waals surface area contributed by atoms with Gasteiger partial charge in [0.05, 0.1) is 6.33 Å². The minimum atomic E-state index is 0.631. The molecule has 2 aliphatic heterocycles. The molecule has 4 rings (SSSR count). The zero-order chi connectivity index (χ0) is 13.4. The Labute approximate surface area is 119 Å². The van der Waals surface area contributed by atoms with E-state index >= 15 is 0 Å². The Morgan fingerprint density at radius 2 is 2.15 bits per heavy atom. The number of anilines is 1. The molecule has 104 valence electrons. The van der Waals surface area contributed by atoms with Crippen LogP contribution in [0.3, 0.4) is 0 Å². The van der Waals surface area contributed by atoms with Crippen LogP contribution >= 0.6 is 0 Å². The first-order valence-electron chi connectivity index (χ1n) is 7.46. The predicted octanol–water partition coefficient (Wildman–Crippen LogP) is 2.38. The molecule has 2 bridgehead atoms. The normalized spacial score (nSPS) is 28.5. The third-order valence-corrected chi connectivity index (χ3v) is 4.63. The van der Waals surface area contributed by atoms with Crippen molar-refractivity contribution in [2.75, 3.05) is 25.0 Å². The molecule has 1 aromatic heterocycles. The second-order valence-corrected chi connectivity index (χ2v) is 5.91. The topological polar surface area (TPSA) is 33.1 Å². The van der Waals surface area contributed by atoms with Crippen LogP contribution in [0.4, 0.5) is 5.69 Å². The molecule has 2 aromatic rings. The van der Waals surface area contributed by atoms with Crippen molar-refractivity contribution in [3.8, 4) is 5.69 Å². The van der Waals surface area contributed by atoms with Gasteiger partial charge in [-0.2, -0.15) is 0 Å². The summed E-state index contributed by atoms with van der Waals surface area (Å²) in [6.45, 7) is 3.81. The Hall–Kier alpha value is -1.81. The van der Waals surface area contributed by atoms with E-state index in [1.807, 2.05) is 23.3 Å². The summed E-state index contributed by atoms with van der Waals surface area (Å²) in [4.78, 5) is 6.70. The molecule has 3 heterocycles. The van der Waals surface area contributed by atoms with Crippen LogP contribution in [0.15, 0.2) is 43.0 Å². The zero-order valence-electron chi connectivity index (χ0n) is 11.6. The van der Waals surface area contributed by atoms with Crippen molar-refractivity contribution in [1.29, 1.82) is 0 Å². The summed E-state index contributed by atoms with van der Waals surface area (Å²) in [5.74, 6) is 0.820. The Bertz CT molecular complexity index is 578. The predicted molar refractivity (Wildman–Crippen MR) is 80.1 cm³/mol. The number of rotatable bonds is 3. The van der Waals surface area contributed by atoms with Crippen molar-refractivity contribution >= 4 is 5.69 Å². The highest BCUT2D eigenvalue weighted by molar-refractivity contribution is 5.52. The Morgan fingerprint density at radius 3 is 3.05 bits per heavy atom. The first-order valence-corrected chi connectivity index (χ1v) is 7.46. The quantitative estimate of drug-likeness (QED) is 0.928. The van der Waals surface area contributed by atoms with Gasteiger partial charge in [-0.1, -0.05) is 6.07 Å². The number of hydrogen-bond acceptors (Lipinski definition) is 3. The SMILES string of the molecule is c1cc(NC2CCN3CCC2C3)cc(-n2ccnc2)c1. The molecule has 0 saturated carbocycles. The molecule has 20 heavy (non-hydrogen) atoms. The third-order valence-electron chi connectivity index (χ3n) is 4.63. The van der Waals surface area contributed by atoms with Crippen molar-refractivity contribution in [2.45, 2.75) is 18.9 Å². The summed E-state index contributed by atoms with van der Waals surface area (Å²) in [6.07, 6.45) is 8.25. The molecule has 0 amide bonds. The van der Waals surface area contributed by atoms with E-state index in [0.29, 0.717) is 6.04 Å². The number of fused-ring (bicyclic) bond motifs is 2. The van der Waals surface area contributed by atoms with Crippen LogP contribution in [0.2, 0.25) is 0 Å². The lowest BCUT2D eigenvalue weighted by Gasteiger charge is -2.31. The van der Waals surface area contributed by atoms with Crippen LogP contribution in [-0.4, -0.2) is 40.1 Å². The van der Waals surface area contributed by atoms with Gasteiger partial charge in [-0.05, 0) is 43.5 Å². The van der Waals surface area contributed by atoms with Gasteiger partial charge in [0, 0.05) is 42.9 Å². The van der Waals surface area contributed by atoms with E-state index in [1.165, 1.54) is 38.2 Å². The molecule has 0 radical (unpaired) electrons. The highest BCUT2D eigenvalue weighted by Crippen LogP contribution is 2.29. The van der Waals surface area contributed by atoms with Crippen LogP contribution in [0.1, 0.15) is 12.8 Å². The lowest BCUT2D eigenvalue weighted by Crippen LogP contribution is -2.39. The largest absolute Gasteiger partial charge is 0.382 e. The molecule has 0 aliphatic carbocycles. The molecular formula is C16H20N4. The van der Waals surface area contributed by atoms with Gasteiger partial charge < -0.3 is 14.8 Å². The number of benzene rings is 1. The van der Waals surface area contributed by atoms with Gasteiger partial charge in [-0.3, -0.25) is 0 Å². The first kappa shape index (κ1) is 12.0. The Balaban J connectivity index is 1.52. The fraction of sp³-hybridized carbons (Fsp3) is 0.438. The second-order valence-electron chi connectivity index (χ2n) is 5.91. The highest BCUT2D eigenvalue weighted by atomic mass is 15.2. The monoisotopic (exact) mass is 268 g/mol. The average molecular weight is 268 g/mol. The first-order chi connectivity index (χ1) is 9.88. The van der Waals surface area contributed by atoms with Gasteiger partial charge >= 0.3 is 0 Å². The number of piperidine rings is 1. The maximum absolute atomic E-state index is 4.11. The van der Waals surface area contributed by atoms with Crippen molar-refractivity contribution in [3.05, 3.63) is 43.0 Å². The summed E-state index contributed by atoms with van der Waals surface area (Å²) in [5, 5.41) is 3.75. The van der Waals surface area contributed by atoms with E-state index in [0.717, 1.165) is 11.6 Å².